The van der Waals surface area contributed by atoms with Crippen molar-refractivity contribution in [2.24, 2.45) is 0 Å². The van der Waals surface area contributed by atoms with E-state index in [-0.39, 0.29) is 17.6 Å². The third-order valence-electron chi connectivity index (χ3n) is 7.15. The Balaban J connectivity index is 1.28. The monoisotopic (exact) mass is 502 g/mol. The summed E-state index contributed by atoms with van der Waals surface area (Å²) in [5.41, 5.74) is 2.80. The minimum Gasteiger partial charge on any atom is -0.508 e. The van der Waals surface area contributed by atoms with Crippen LogP contribution in [0.1, 0.15) is 18.4 Å². The number of piperidine rings is 1. The maximum atomic E-state index is 15.9. The number of aromatic hydroxyl groups is 1. The van der Waals surface area contributed by atoms with Gasteiger partial charge in [-0.15, -0.1) is 0 Å². The summed E-state index contributed by atoms with van der Waals surface area (Å²) in [6.07, 6.45) is 5.63. The summed E-state index contributed by atoms with van der Waals surface area (Å²) < 4.78 is 17.7. The molecule has 1 aromatic carbocycles. The number of piperazine rings is 1. The third-order valence-corrected chi connectivity index (χ3v) is 7.15. The molecule has 0 bridgehead atoms. The van der Waals surface area contributed by atoms with Gasteiger partial charge < -0.3 is 20.6 Å². The highest BCUT2D eigenvalue weighted by molar-refractivity contribution is 5.77. The summed E-state index contributed by atoms with van der Waals surface area (Å²) >= 11 is 0. The second-order valence-electron chi connectivity index (χ2n) is 9.74. The standard InChI is InChI=1S/C27H31FN8O/c28-24-26(31-20-4-3-10-29-16-20)32-25(22-17-30-36-11-2-1-5-23(22)36)33-27(24)35-14-12-34(13-15-35)18-19-6-8-21(37)9-7-19/h1-2,5-9,11,17,20,29,37H,3-4,10,12-16,18H2,(H,31,32,33). The number of halogens is 1. The van der Waals surface area contributed by atoms with Gasteiger partial charge in [-0.25, -0.2) is 14.5 Å². The highest BCUT2D eigenvalue weighted by atomic mass is 19.1. The van der Waals surface area contributed by atoms with Crippen LogP contribution >= 0.6 is 0 Å². The van der Waals surface area contributed by atoms with E-state index < -0.39 is 5.82 Å². The van der Waals surface area contributed by atoms with Crippen molar-refractivity contribution in [1.29, 1.82) is 0 Å². The topological polar surface area (TPSA) is 93.9 Å². The number of pyridine rings is 1. The van der Waals surface area contributed by atoms with Crippen LogP contribution in [0.3, 0.4) is 0 Å². The van der Waals surface area contributed by atoms with E-state index in [0.717, 1.165) is 62.2 Å². The maximum Gasteiger partial charge on any atom is 0.207 e. The second-order valence-corrected chi connectivity index (χ2v) is 9.74. The SMILES string of the molecule is Oc1ccc(CN2CCN(c3nc(-c4cnn5ccccc45)nc(NC4CCCNC4)c3F)CC2)cc1. The normalized spacial score (nSPS) is 18.8. The molecule has 2 fully saturated rings. The first-order valence-corrected chi connectivity index (χ1v) is 12.9. The Labute approximate surface area is 215 Å². The molecule has 3 aromatic heterocycles. The minimum atomic E-state index is -0.405. The Kier molecular flexibility index (Phi) is 6.58. The number of hydrogen-bond donors (Lipinski definition) is 3. The Bertz CT molecular complexity index is 1360. The van der Waals surface area contributed by atoms with Crippen LogP contribution in [0.2, 0.25) is 0 Å². The molecule has 10 heteroatoms. The zero-order chi connectivity index (χ0) is 25.2. The summed E-state index contributed by atoms with van der Waals surface area (Å²) in [5, 5.41) is 20.7. The first-order valence-electron chi connectivity index (χ1n) is 12.9. The molecule has 2 aliphatic rings. The van der Waals surface area contributed by atoms with Crippen LogP contribution in [0.25, 0.3) is 16.9 Å². The molecule has 0 radical (unpaired) electrons. The summed E-state index contributed by atoms with van der Waals surface area (Å²) in [6.45, 7) is 5.43. The molecule has 192 valence electrons. The third kappa shape index (κ3) is 5.07. The lowest BCUT2D eigenvalue weighted by Crippen LogP contribution is -2.46. The van der Waals surface area contributed by atoms with E-state index in [4.69, 9.17) is 4.98 Å². The van der Waals surface area contributed by atoms with Crippen LogP contribution in [-0.2, 0) is 6.54 Å². The van der Waals surface area contributed by atoms with E-state index in [0.29, 0.717) is 24.7 Å². The first-order chi connectivity index (χ1) is 18.1. The number of rotatable bonds is 6. The molecule has 2 saturated heterocycles. The number of nitrogens with zero attached hydrogens (tertiary/aromatic N) is 6. The highest BCUT2D eigenvalue weighted by Crippen LogP contribution is 2.30. The van der Waals surface area contributed by atoms with Crippen molar-refractivity contribution in [2.75, 3.05) is 49.5 Å². The van der Waals surface area contributed by atoms with Gasteiger partial charge in [0.05, 0.1) is 17.3 Å². The molecule has 3 N–H and O–H groups in total. The largest absolute Gasteiger partial charge is 0.508 e. The fourth-order valence-corrected chi connectivity index (χ4v) is 5.11. The Morgan fingerprint density at radius 1 is 1.05 bits per heavy atom. The summed E-state index contributed by atoms with van der Waals surface area (Å²) in [6, 6.07) is 13.2. The fourth-order valence-electron chi connectivity index (χ4n) is 5.11. The molecule has 37 heavy (non-hydrogen) atoms. The molecule has 6 rings (SSSR count). The predicted molar refractivity (Wildman–Crippen MR) is 141 cm³/mol. The van der Waals surface area contributed by atoms with Crippen molar-refractivity contribution in [3.63, 3.8) is 0 Å². The van der Waals surface area contributed by atoms with Crippen molar-refractivity contribution in [3.05, 3.63) is 66.2 Å². The Morgan fingerprint density at radius 3 is 2.68 bits per heavy atom. The van der Waals surface area contributed by atoms with Gasteiger partial charge in [0.1, 0.15) is 5.75 Å². The molecule has 4 aromatic rings. The Morgan fingerprint density at radius 2 is 1.89 bits per heavy atom. The van der Waals surface area contributed by atoms with Crippen molar-refractivity contribution >= 4 is 17.2 Å². The molecule has 5 heterocycles. The van der Waals surface area contributed by atoms with Gasteiger partial charge in [0, 0.05) is 51.5 Å². The van der Waals surface area contributed by atoms with Crippen molar-refractivity contribution in [2.45, 2.75) is 25.4 Å². The van der Waals surface area contributed by atoms with Crippen molar-refractivity contribution in [3.8, 4) is 17.1 Å². The van der Waals surface area contributed by atoms with Crippen LogP contribution in [0.15, 0.2) is 54.9 Å². The minimum absolute atomic E-state index is 0.116. The number of nitrogens with one attached hydrogen (secondary N) is 2. The number of hydrogen-bond acceptors (Lipinski definition) is 8. The van der Waals surface area contributed by atoms with E-state index in [2.05, 4.69) is 25.6 Å². The van der Waals surface area contributed by atoms with Crippen LogP contribution < -0.4 is 15.5 Å². The van der Waals surface area contributed by atoms with Crippen LogP contribution in [0, 0.1) is 5.82 Å². The quantitative estimate of drug-likeness (QED) is 0.370. The zero-order valence-electron chi connectivity index (χ0n) is 20.6. The molecule has 1 unspecified atom stereocenters. The van der Waals surface area contributed by atoms with E-state index in [1.54, 1.807) is 22.8 Å². The summed E-state index contributed by atoms with van der Waals surface area (Å²) in [4.78, 5) is 13.8. The Hall–Kier alpha value is -3.76. The van der Waals surface area contributed by atoms with Crippen LogP contribution in [-0.4, -0.2) is 74.9 Å². The van der Waals surface area contributed by atoms with Crippen LogP contribution in [0.5, 0.6) is 5.75 Å². The van der Waals surface area contributed by atoms with Gasteiger partial charge in [0.15, 0.2) is 17.5 Å². The summed E-state index contributed by atoms with van der Waals surface area (Å²) in [7, 11) is 0. The lowest BCUT2D eigenvalue weighted by atomic mass is 10.1. The van der Waals surface area contributed by atoms with Crippen molar-refractivity contribution < 1.29 is 9.50 Å². The number of phenolic OH excluding ortho intramolecular Hbond substituents is 1. The molecule has 0 saturated carbocycles. The molecule has 0 spiro atoms. The molecule has 9 nitrogen and oxygen atoms in total. The van der Waals surface area contributed by atoms with Gasteiger partial charge in [0.2, 0.25) is 5.82 Å². The van der Waals surface area contributed by atoms with Crippen LogP contribution in [0.4, 0.5) is 16.0 Å². The average molecular weight is 503 g/mol. The van der Waals surface area contributed by atoms with Gasteiger partial charge in [-0.3, -0.25) is 4.90 Å². The lowest BCUT2D eigenvalue weighted by molar-refractivity contribution is 0.248. The van der Waals surface area contributed by atoms with Crippen molar-refractivity contribution in [1.82, 2.24) is 29.8 Å². The molecular formula is C27H31FN8O. The number of fused-ring (bicyclic) bond motifs is 1. The zero-order valence-corrected chi connectivity index (χ0v) is 20.6. The smallest absolute Gasteiger partial charge is 0.207 e. The molecule has 0 aliphatic carbocycles. The number of benzene rings is 1. The van der Waals surface area contributed by atoms with Gasteiger partial charge >= 0.3 is 0 Å². The average Bonchev–Trinajstić information content (AvgIpc) is 3.37. The molecular weight excluding hydrogens is 471 g/mol. The van der Waals surface area contributed by atoms with E-state index in [1.807, 2.05) is 41.4 Å². The summed E-state index contributed by atoms with van der Waals surface area (Å²) in [5.74, 6) is 0.905. The first kappa shape index (κ1) is 23.6. The van der Waals surface area contributed by atoms with Gasteiger partial charge in [-0.2, -0.15) is 9.49 Å². The van der Waals surface area contributed by atoms with Gasteiger partial charge in [-0.05, 0) is 49.2 Å². The maximum absolute atomic E-state index is 15.9. The molecule has 1 atom stereocenters. The van der Waals surface area contributed by atoms with E-state index in [1.165, 1.54) is 0 Å². The number of phenols is 1. The fraction of sp³-hybridized carbons (Fsp3) is 0.370. The van der Waals surface area contributed by atoms with Gasteiger partial charge in [-0.1, -0.05) is 18.2 Å². The van der Waals surface area contributed by atoms with E-state index in [9.17, 15) is 5.11 Å². The number of anilines is 2. The lowest BCUT2D eigenvalue weighted by Gasteiger charge is -2.36. The molecule has 0 amide bonds. The predicted octanol–water partition coefficient (Wildman–Crippen LogP) is 3.12. The number of aromatic nitrogens is 4. The highest BCUT2D eigenvalue weighted by Gasteiger charge is 2.26. The van der Waals surface area contributed by atoms with E-state index >= 15 is 4.39 Å². The second kappa shape index (κ2) is 10.3. The molecule has 2 aliphatic heterocycles. The van der Waals surface area contributed by atoms with Gasteiger partial charge in [0.25, 0.3) is 0 Å².